The monoisotopic (exact) mass is 573 g/mol. The second-order valence-electron chi connectivity index (χ2n) is 12.2. The molecule has 0 radical (unpaired) electrons. The number of imidazole rings is 1. The Morgan fingerprint density at radius 2 is 1.79 bits per heavy atom. The molecule has 2 atom stereocenters. The minimum atomic E-state index is -0.139. The second-order valence-corrected chi connectivity index (χ2v) is 12.2. The lowest BCUT2D eigenvalue weighted by Crippen LogP contribution is -2.15. The molecule has 0 amide bonds. The van der Waals surface area contributed by atoms with E-state index in [0.29, 0.717) is 18.4 Å². The Hall–Kier alpha value is -3.21. The van der Waals surface area contributed by atoms with Gasteiger partial charge in [-0.25, -0.2) is 9.97 Å². The van der Waals surface area contributed by atoms with Gasteiger partial charge in [-0.3, -0.25) is 9.20 Å². The molecular weight excluding hydrogens is 518 g/mol. The number of allylic oxidation sites excluding steroid dienone is 10. The Morgan fingerprint density at radius 3 is 2.40 bits per heavy atom. The molecule has 0 fully saturated rings. The lowest BCUT2D eigenvalue weighted by Gasteiger charge is -2.17. The van der Waals surface area contributed by atoms with Crippen molar-refractivity contribution in [2.75, 3.05) is 6.61 Å². The van der Waals surface area contributed by atoms with Crippen molar-refractivity contribution in [3.63, 3.8) is 0 Å². The van der Waals surface area contributed by atoms with Crippen LogP contribution in [0.3, 0.4) is 0 Å². The third kappa shape index (κ3) is 10.6. The molecule has 0 bridgehead atoms. The molecule has 5 nitrogen and oxygen atoms in total. The molecule has 0 spiro atoms. The summed E-state index contributed by atoms with van der Waals surface area (Å²) in [6.45, 7) is 18.7. The number of fused-ring (bicyclic) bond motifs is 1. The fraction of sp³-hybridized carbons (Fsp3) is 0.541. The number of nitrogens with zero attached hydrogens (tertiary/aromatic N) is 3. The molecule has 0 aromatic carbocycles. The first-order chi connectivity index (χ1) is 20.1. The number of unbranched alkanes of at least 4 members (excludes halogenated alkanes) is 1. The highest BCUT2D eigenvalue weighted by atomic mass is 16.5. The smallest absolute Gasteiger partial charge is 0.221 e. The van der Waals surface area contributed by atoms with E-state index in [9.17, 15) is 4.79 Å². The van der Waals surface area contributed by atoms with Crippen molar-refractivity contribution in [1.29, 1.82) is 0 Å². The highest BCUT2D eigenvalue weighted by molar-refractivity contribution is 5.80. The Kier molecular flexibility index (Phi) is 14.7. The van der Waals surface area contributed by atoms with Gasteiger partial charge in [0.05, 0.1) is 18.0 Å². The summed E-state index contributed by atoms with van der Waals surface area (Å²) in [5, 5.41) is 0. The van der Waals surface area contributed by atoms with Crippen LogP contribution in [-0.2, 0) is 17.6 Å². The van der Waals surface area contributed by atoms with Crippen LogP contribution in [0.25, 0.3) is 11.2 Å². The van der Waals surface area contributed by atoms with Gasteiger partial charge >= 0.3 is 0 Å². The second kappa shape index (κ2) is 17.7. The fourth-order valence-electron chi connectivity index (χ4n) is 4.64. The van der Waals surface area contributed by atoms with Gasteiger partial charge in [-0.1, -0.05) is 95.7 Å². The Morgan fingerprint density at radius 1 is 1.07 bits per heavy atom. The summed E-state index contributed by atoms with van der Waals surface area (Å²) in [7, 11) is 0. The number of hydrogen-bond donors (Lipinski definition) is 0. The van der Waals surface area contributed by atoms with Crippen LogP contribution >= 0.6 is 0 Å². The number of ketones is 1. The third-order valence-electron chi connectivity index (χ3n) is 7.78. The van der Waals surface area contributed by atoms with E-state index in [1.165, 1.54) is 6.42 Å². The predicted molar refractivity (Wildman–Crippen MR) is 179 cm³/mol. The first-order valence-electron chi connectivity index (χ1n) is 15.9. The first-order valence-corrected chi connectivity index (χ1v) is 15.9. The summed E-state index contributed by atoms with van der Waals surface area (Å²) in [4.78, 5) is 20.7. The topological polar surface area (TPSA) is 56.5 Å². The summed E-state index contributed by atoms with van der Waals surface area (Å²) in [5.41, 5.74) is 5.02. The first kappa shape index (κ1) is 35.0. The van der Waals surface area contributed by atoms with E-state index >= 15 is 0 Å². The number of ether oxygens (including phenoxy) is 1. The molecule has 3 rings (SSSR count). The molecule has 1 aliphatic rings. The van der Waals surface area contributed by atoms with Gasteiger partial charge in [0.25, 0.3) is 0 Å². The summed E-state index contributed by atoms with van der Waals surface area (Å²) < 4.78 is 8.61. The zero-order chi connectivity index (χ0) is 31.1. The van der Waals surface area contributed by atoms with Gasteiger partial charge in [-0.05, 0) is 83.6 Å². The number of rotatable bonds is 13. The van der Waals surface area contributed by atoms with Crippen molar-refractivity contribution in [2.45, 2.75) is 107 Å². The van der Waals surface area contributed by atoms with Gasteiger partial charge in [0.1, 0.15) is 11.5 Å². The van der Waals surface area contributed by atoms with E-state index < -0.39 is 0 Å². The van der Waals surface area contributed by atoms with Crippen molar-refractivity contribution < 1.29 is 9.53 Å². The number of hydrogen-bond acceptors (Lipinski definition) is 4. The van der Waals surface area contributed by atoms with Crippen LogP contribution in [0.4, 0.5) is 0 Å². The van der Waals surface area contributed by atoms with Gasteiger partial charge in [0, 0.05) is 11.6 Å². The highest BCUT2D eigenvalue weighted by Crippen LogP contribution is 2.34. The van der Waals surface area contributed by atoms with E-state index in [2.05, 4.69) is 73.9 Å². The average Bonchev–Trinajstić information content (AvgIpc) is 3.55. The molecule has 2 aromatic heterocycles. The average molecular weight is 574 g/mol. The molecule has 2 heterocycles. The SMILES string of the molecule is C/C=C\C=C/CCc1nc(/C(C)=C/C=C\C)cn2c(OCCCC)c(CC3CC=CC3CC)nc12.CC(=O)C(C)(C)C. The molecule has 230 valence electrons. The van der Waals surface area contributed by atoms with Crippen LogP contribution in [0, 0.1) is 17.3 Å². The number of aryl methyl sites for hydroxylation is 1. The van der Waals surface area contributed by atoms with Crippen molar-refractivity contribution >= 4 is 17.0 Å². The van der Waals surface area contributed by atoms with Crippen LogP contribution in [-0.4, -0.2) is 26.8 Å². The van der Waals surface area contributed by atoms with E-state index in [0.717, 1.165) is 72.7 Å². The zero-order valence-electron chi connectivity index (χ0n) is 27.7. The van der Waals surface area contributed by atoms with Crippen LogP contribution in [0.2, 0.25) is 0 Å². The van der Waals surface area contributed by atoms with Crippen LogP contribution in [0.5, 0.6) is 5.88 Å². The normalized spacial score (nSPS) is 17.6. The summed E-state index contributed by atoms with van der Waals surface area (Å²) in [5.74, 6) is 2.37. The molecule has 2 aromatic rings. The fourth-order valence-corrected chi connectivity index (χ4v) is 4.64. The minimum Gasteiger partial charge on any atom is -0.477 e. The largest absolute Gasteiger partial charge is 0.477 e. The summed E-state index contributed by atoms with van der Waals surface area (Å²) >= 11 is 0. The van der Waals surface area contributed by atoms with Crippen LogP contribution < -0.4 is 4.74 Å². The summed E-state index contributed by atoms with van der Waals surface area (Å²) in [6, 6.07) is 0. The molecular formula is C37H55N3O2. The summed E-state index contributed by atoms with van der Waals surface area (Å²) in [6.07, 6.45) is 28.6. The Balaban J connectivity index is 0.000000782. The van der Waals surface area contributed by atoms with E-state index in [4.69, 9.17) is 14.7 Å². The van der Waals surface area contributed by atoms with E-state index in [-0.39, 0.29) is 11.2 Å². The standard InChI is InChI=1S/C31H43N3O.C6H12O/c1-6-10-13-14-15-20-27-30-33-28(22-26-19-16-18-25(26)9-4)31(35-21-12-8-3)34(30)23-29(32-27)24(5)17-11-7-2;1-5(7)6(2,3)4/h6-7,10-11,13-14,16-18,23,25-26H,8-9,12,15,19-22H2,1-5H3;1-4H3/b10-6-,11-7-,14-13-,24-17+;. The van der Waals surface area contributed by atoms with Crippen molar-refractivity contribution in [2.24, 2.45) is 17.3 Å². The Bertz CT molecular complexity index is 1280. The van der Waals surface area contributed by atoms with Crippen molar-refractivity contribution in [1.82, 2.24) is 14.4 Å². The minimum absolute atomic E-state index is 0.139. The maximum atomic E-state index is 10.5. The van der Waals surface area contributed by atoms with Crippen LogP contribution in [0.15, 0.2) is 60.9 Å². The molecule has 5 heteroatoms. The van der Waals surface area contributed by atoms with Gasteiger partial charge in [-0.2, -0.15) is 0 Å². The number of Topliss-reactive ketones (excluding diaryl/α,β-unsaturated/α-hetero) is 1. The zero-order valence-corrected chi connectivity index (χ0v) is 27.7. The molecule has 2 unspecified atom stereocenters. The highest BCUT2D eigenvalue weighted by Gasteiger charge is 2.26. The lowest BCUT2D eigenvalue weighted by atomic mass is 9.89. The van der Waals surface area contributed by atoms with Gasteiger partial charge in [0.15, 0.2) is 5.65 Å². The van der Waals surface area contributed by atoms with Crippen LogP contribution in [0.1, 0.15) is 111 Å². The van der Waals surface area contributed by atoms with Crippen molar-refractivity contribution in [3.8, 4) is 5.88 Å². The van der Waals surface area contributed by atoms with E-state index in [1.807, 2.05) is 46.8 Å². The molecule has 1 aliphatic carbocycles. The molecule has 0 saturated heterocycles. The van der Waals surface area contributed by atoms with E-state index in [1.54, 1.807) is 6.92 Å². The quantitative estimate of drug-likeness (QED) is 0.136. The Labute approximate surface area is 255 Å². The van der Waals surface area contributed by atoms with Gasteiger partial charge in [0.2, 0.25) is 5.88 Å². The number of carbonyl (C=O) groups excluding carboxylic acids is 1. The maximum absolute atomic E-state index is 10.5. The molecule has 0 N–H and O–H groups in total. The molecule has 0 saturated carbocycles. The van der Waals surface area contributed by atoms with Gasteiger partial charge < -0.3 is 4.74 Å². The molecule has 0 aliphatic heterocycles. The number of carbonyl (C=O) groups is 1. The van der Waals surface area contributed by atoms with Gasteiger partial charge in [-0.15, -0.1) is 0 Å². The maximum Gasteiger partial charge on any atom is 0.221 e. The predicted octanol–water partition coefficient (Wildman–Crippen LogP) is 9.72. The lowest BCUT2D eigenvalue weighted by molar-refractivity contribution is -0.124. The third-order valence-corrected chi connectivity index (χ3v) is 7.78. The number of aromatic nitrogens is 3. The molecule has 42 heavy (non-hydrogen) atoms. The van der Waals surface area contributed by atoms with Crippen molar-refractivity contribution in [3.05, 3.63) is 78.0 Å².